The smallest absolute Gasteiger partial charge is 0.240 e. The second kappa shape index (κ2) is 12.4. The van der Waals surface area contributed by atoms with Crippen LogP contribution in [0.2, 0.25) is 0 Å². The fourth-order valence-electron chi connectivity index (χ4n) is 2.61. The Balaban J connectivity index is 0.00000420. The summed E-state index contributed by atoms with van der Waals surface area (Å²) in [5.74, 6) is 0.809. The van der Waals surface area contributed by atoms with Crippen molar-refractivity contribution in [1.29, 1.82) is 0 Å². The highest BCUT2D eigenvalue weighted by molar-refractivity contribution is 14.0. The first-order valence-electron chi connectivity index (χ1n) is 9.04. The lowest BCUT2D eigenvalue weighted by Gasteiger charge is -2.22. The molecule has 0 heterocycles. The van der Waals surface area contributed by atoms with E-state index in [0.29, 0.717) is 6.54 Å². The van der Waals surface area contributed by atoms with Crippen molar-refractivity contribution < 1.29 is 8.42 Å². The zero-order valence-corrected chi connectivity index (χ0v) is 21.1. The van der Waals surface area contributed by atoms with Crippen LogP contribution in [-0.2, 0) is 23.1 Å². The fourth-order valence-corrected chi connectivity index (χ4v) is 3.75. The van der Waals surface area contributed by atoms with Crippen LogP contribution < -0.4 is 10.0 Å². The summed E-state index contributed by atoms with van der Waals surface area (Å²) < 4.78 is 25.9. The summed E-state index contributed by atoms with van der Waals surface area (Å²) in [6.45, 7) is 4.03. The quantitative estimate of drug-likeness (QED) is 0.229. The van der Waals surface area contributed by atoms with E-state index in [1.54, 1.807) is 36.0 Å². The molecule has 0 spiro atoms. The highest BCUT2D eigenvalue weighted by Gasteiger charge is 2.11. The van der Waals surface area contributed by atoms with E-state index in [2.05, 4.69) is 50.5 Å². The van der Waals surface area contributed by atoms with Crippen molar-refractivity contribution in [3.63, 3.8) is 0 Å². The van der Waals surface area contributed by atoms with E-state index in [9.17, 15) is 8.42 Å². The van der Waals surface area contributed by atoms with E-state index in [4.69, 9.17) is 0 Å². The molecule has 2 rings (SSSR count). The van der Waals surface area contributed by atoms with Gasteiger partial charge in [0.15, 0.2) is 5.96 Å². The molecule has 6 nitrogen and oxygen atoms in total. The van der Waals surface area contributed by atoms with Gasteiger partial charge in [0.2, 0.25) is 10.0 Å². The normalized spacial score (nSPS) is 11.7. The summed E-state index contributed by atoms with van der Waals surface area (Å²) in [5, 5.41) is 3.31. The molecule has 2 aromatic rings. The second-order valence-corrected chi connectivity index (χ2v) is 8.99. The van der Waals surface area contributed by atoms with Gasteiger partial charge >= 0.3 is 0 Å². The van der Waals surface area contributed by atoms with Crippen LogP contribution in [0, 0.1) is 0 Å². The molecule has 0 atom stereocenters. The lowest BCUT2D eigenvalue weighted by molar-refractivity contribution is 0.476. The Morgan fingerprint density at radius 1 is 1.07 bits per heavy atom. The SMILES string of the molecule is CCNC(=NCc1ccc(S(=O)(=O)NC)cc1)N(C)Cc1ccc(SC)cc1.I. The van der Waals surface area contributed by atoms with Gasteiger partial charge in [0.1, 0.15) is 0 Å². The molecule has 160 valence electrons. The largest absolute Gasteiger partial charge is 0.357 e. The van der Waals surface area contributed by atoms with Gasteiger partial charge in [-0.3, -0.25) is 0 Å². The van der Waals surface area contributed by atoms with Crippen LogP contribution in [0.15, 0.2) is 63.3 Å². The van der Waals surface area contributed by atoms with Crippen molar-refractivity contribution >= 4 is 51.7 Å². The third-order valence-corrected chi connectivity index (χ3v) is 6.36. The minimum atomic E-state index is -3.42. The zero-order valence-electron chi connectivity index (χ0n) is 17.2. The monoisotopic (exact) mass is 548 g/mol. The highest BCUT2D eigenvalue weighted by atomic mass is 127. The molecule has 0 bridgehead atoms. The number of guanidine groups is 1. The Morgan fingerprint density at radius 3 is 2.17 bits per heavy atom. The number of nitrogens with one attached hydrogen (secondary N) is 2. The topological polar surface area (TPSA) is 73.8 Å². The summed E-state index contributed by atoms with van der Waals surface area (Å²) in [6, 6.07) is 15.3. The van der Waals surface area contributed by atoms with Crippen LogP contribution in [0.3, 0.4) is 0 Å². The molecule has 2 N–H and O–H groups in total. The predicted octanol–water partition coefficient (Wildman–Crippen LogP) is 3.53. The number of nitrogens with zero attached hydrogens (tertiary/aromatic N) is 2. The number of hydrogen-bond donors (Lipinski definition) is 2. The van der Waals surface area contributed by atoms with Gasteiger partial charge in [0, 0.05) is 25.0 Å². The van der Waals surface area contributed by atoms with Gasteiger partial charge in [0.25, 0.3) is 0 Å². The summed E-state index contributed by atoms with van der Waals surface area (Å²) in [4.78, 5) is 8.27. The van der Waals surface area contributed by atoms with Crippen LogP contribution in [0.25, 0.3) is 0 Å². The number of aliphatic imine (C=N–C) groups is 1. The first-order valence-corrected chi connectivity index (χ1v) is 11.7. The molecule has 9 heteroatoms. The number of thioether (sulfide) groups is 1. The average Bonchev–Trinajstić information content (AvgIpc) is 2.72. The summed E-state index contributed by atoms with van der Waals surface area (Å²) in [7, 11) is -0.00589. The molecular formula is C20H29IN4O2S2. The van der Waals surface area contributed by atoms with Gasteiger partial charge in [0.05, 0.1) is 11.4 Å². The van der Waals surface area contributed by atoms with E-state index in [-0.39, 0.29) is 28.9 Å². The first-order chi connectivity index (χ1) is 13.4. The summed E-state index contributed by atoms with van der Waals surface area (Å²) >= 11 is 1.73. The molecule has 0 unspecified atom stereocenters. The van der Waals surface area contributed by atoms with E-state index in [1.807, 2.05) is 14.0 Å². The third-order valence-electron chi connectivity index (χ3n) is 4.19. The summed E-state index contributed by atoms with van der Waals surface area (Å²) in [5.41, 5.74) is 2.16. The van der Waals surface area contributed by atoms with Crippen molar-refractivity contribution in [2.24, 2.45) is 4.99 Å². The van der Waals surface area contributed by atoms with E-state index in [0.717, 1.165) is 24.6 Å². The van der Waals surface area contributed by atoms with Gasteiger partial charge in [-0.25, -0.2) is 18.1 Å². The minimum absolute atomic E-state index is 0. The van der Waals surface area contributed by atoms with E-state index >= 15 is 0 Å². The minimum Gasteiger partial charge on any atom is -0.357 e. The molecule has 0 aliphatic heterocycles. The number of rotatable bonds is 8. The highest BCUT2D eigenvalue weighted by Crippen LogP contribution is 2.16. The van der Waals surface area contributed by atoms with Gasteiger partial charge < -0.3 is 10.2 Å². The number of hydrogen-bond acceptors (Lipinski definition) is 4. The maximum atomic E-state index is 11.8. The molecule has 0 saturated carbocycles. The maximum Gasteiger partial charge on any atom is 0.240 e. The Hall–Kier alpha value is -1.30. The molecular weight excluding hydrogens is 519 g/mol. The Labute approximate surface area is 195 Å². The van der Waals surface area contributed by atoms with Crippen LogP contribution in [0.5, 0.6) is 0 Å². The van der Waals surface area contributed by atoms with E-state index in [1.165, 1.54) is 17.5 Å². The Kier molecular flexibility index (Phi) is 11.0. The molecule has 2 aromatic carbocycles. The van der Waals surface area contributed by atoms with Crippen LogP contribution in [0.1, 0.15) is 18.1 Å². The molecule has 0 aliphatic rings. The van der Waals surface area contributed by atoms with Crippen molar-refractivity contribution in [2.75, 3.05) is 26.9 Å². The van der Waals surface area contributed by atoms with Crippen LogP contribution in [-0.4, -0.2) is 46.2 Å². The molecule has 0 fully saturated rings. The van der Waals surface area contributed by atoms with Crippen molar-refractivity contribution in [3.05, 3.63) is 59.7 Å². The van der Waals surface area contributed by atoms with Crippen molar-refractivity contribution in [2.45, 2.75) is 29.8 Å². The lowest BCUT2D eigenvalue weighted by Crippen LogP contribution is -2.38. The average molecular weight is 549 g/mol. The molecule has 0 saturated heterocycles. The Bertz CT molecular complexity index is 886. The Morgan fingerprint density at radius 2 is 1.66 bits per heavy atom. The number of sulfonamides is 1. The molecule has 0 aromatic heterocycles. The van der Waals surface area contributed by atoms with Crippen LogP contribution >= 0.6 is 35.7 Å². The van der Waals surface area contributed by atoms with Gasteiger partial charge in [-0.05, 0) is 55.6 Å². The number of halogens is 1. The zero-order chi connectivity index (χ0) is 20.6. The van der Waals surface area contributed by atoms with E-state index < -0.39 is 10.0 Å². The van der Waals surface area contributed by atoms with Gasteiger partial charge in [-0.15, -0.1) is 35.7 Å². The maximum absolute atomic E-state index is 11.8. The molecule has 0 amide bonds. The summed E-state index contributed by atoms with van der Waals surface area (Å²) in [6.07, 6.45) is 2.07. The predicted molar refractivity (Wildman–Crippen MR) is 133 cm³/mol. The van der Waals surface area contributed by atoms with Gasteiger partial charge in [-0.1, -0.05) is 24.3 Å². The lowest BCUT2D eigenvalue weighted by atomic mass is 10.2. The third kappa shape index (κ3) is 7.80. The second-order valence-electron chi connectivity index (χ2n) is 6.23. The molecule has 29 heavy (non-hydrogen) atoms. The van der Waals surface area contributed by atoms with Crippen molar-refractivity contribution in [1.82, 2.24) is 14.9 Å². The standard InChI is InChI=1S/C20H28N4O2S2.HI/c1-5-22-20(24(3)15-17-6-10-18(27-4)11-7-17)23-14-16-8-12-19(13-9-16)28(25,26)21-2;/h6-13,21H,5,14-15H2,1-4H3,(H,22,23);1H. The van der Waals surface area contributed by atoms with Gasteiger partial charge in [-0.2, -0.15) is 0 Å². The molecule has 0 aliphatic carbocycles. The molecule has 0 radical (unpaired) electrons. The van der Waals surface area contributed by atoms with Crippen LogP contribution in [0.4, 0.5) is 0 Å². The van der Waals surface area contributed by atoms with Crippen molar-refractivity contribution in [3.8, 4) is 0 Å². The first kappa shape index (κ1) is 25.7. The number of benzene rings is 2. The fraction of sp³-hybridized carbons (Fsp3) is 0.350.